The van der Waals surface area contributed by atoms with E-state index >= 15 is 0 Å². The highest BCUT2D eigenvalue weighted by atomic mass is 28.4. The lowest BCUT2D eigenvalue weighted by Gasteiger charge is -2.45. The van der Waals surface area contributed by atoms with E-state index in [4.69, 9.17) is 8.85 Å². The fourth-order valence-corrected chi connectivity index (χ4v) is 9.67. The van der Waals surface area contributed by atoms with Crippen LogP contribution in [-0.2, 0) is 13.6 Å². The molecule has 222 valence electrons. The van der Waals surface area contributed by atoms with Crippen molar-refractivity contribution in [2.75, 3.05) is 0 Å². The van der Waals surface area contributed by atoms with Gasteiger partial charge in [0.15, 0.2) is 16.6 Å². The Bertz CT molecular complexity index is 977. The largest absolute Gasteiger partial charge is 0.413 e. The van der Waals surface area contributed by atoms with Crippen LogP contribution >= 0.6 is 0 Å². The first-order valence-corrected chi connectivity index (χ1v) is 21.4. The van der Waals surface area contributed by atoms with Crippen LogP contribution in [0.25, 0.3) is 0 Å². The molecule has 3 rings (SSSR count). The van der Waals surface area contributed by atoms with E-state index in [9.17, 15) is 4.79 Å². The summed E-state index contributed by atoms with van der Waals surface area (Å²) in [5.74, 6) is 1.24. The van der Waals surface area contributed by atoms with Gasteiger partial charge in [-0.2, -0.15) is 0 Å². The van der Waals surface area contributed by atoms with Gasteiger partial charge in [-0.3, -0.25) is 0 Å². The monoisotopic (exact) mass is 572 g/mol. The number of carbonyl (C=O) groups excluding carboxylic acids is 1. The molecule has 3 fully saturated rings. The molecular weight excluding hydrogens is 513 g/mol. The molecule has 0 heterocycles. The van der Waals surface area contributed by atoms with Gasteiger partial charge in [0.1, 0.15) is 6.29 Å². The first-order chi connectivity index (χ1) is 17.7. The van der Waals surface area contributed by atoms with Crippen molar-refractivity contribution in [1.82, 2.24) is 0 Å². The first-order valence-electron chi connectivity index (χ1n) is 15.6. The van der Waals surface area contributed by atoms with Gasteiger partial charge < -0.3 is 13.6 Å². The topological polar surface area (TPSA) is 35.5 Å². The Hall–Kier alpha value is -0.756. The van der Waals surface area contributed by atoms with Crippen LogP contribution in [-0.4, -0.2) is 35.1 Å². The van der Waals surface area contributed by atoms with Crippen molar-refractivity contribution in [2.45, 2.75) is 149 Å². The lowest BCUT2D eigenvalue weighted by molar-refractivity contribution is -0.113. The standard InChI is InChI=1S/C34H60O3Si2/c1-24(23-35)29-18-19-30-26(15-14-20-34(29,30)9)16-17-27-21-28(36-38(10,11)32(3,4)5)22-31(25(27)2)37-39(12,13)33(6,7)8/h16-17,23-24,28-31H,2,14-15,18-22H2,1,3-13H3/b26-16+,27-17+/t24-,28-,29?,30?,31?,34-/m1/s1. The highest BCUT2D eigenvalue weighted by molar-refractivity contribution is 6.74. The molecule has 3 nitrogen and oxygen atoms in total. The summed E-state index contributed by atoms with van der Waals surface area (Å²) in [6.07, 6.45) is 14.0. The Kier molecular flexibility index (Phi) is 9.65. The second-order valence-electron chi connectivity index (χ2n) is 16.4. The normalized spacial score (nSPS) is 33.9. The average Bonchev–Trinajstić information content (AvgIpc) is 3.15. The van der Waals surface area contributed by atoms with Crippen molar-refractivity contribution in [1.29, 1.82) is 0 Å². The van der Waals surface area contributed by atoms with E-state index in [1.165, 1.54) is 44.0 Å². The lowest BCUT2D eigenvalue weighted by Crippen LogP contribution is -2.49. The third kappa shape index (κ3) is 6.84. The molecular formula is C34H60O3Si2. The zero-order valence-electron chi connectivity index (χ0n) is 27.5. The number of carbonyl (C=O) groups is 1. The van der Waals surface area contributed by atoms with Crippen LogP contribution in [0.4, 0.5) is 0 Å². The van der Waals surface area contributed by atoms with E-state index < -0.39 is 16.6 Å². The van der Waals surface area contributed by atoms with Gasteiger partial charge in [-0.25, -0.2) is 0 Å². The van der Waals surface area contributed by atoms with Crippen molar-refractivity contribution in [2.24, 2.45) is 23.2 Å². The van der Waals surface area contributed by atoms with Crippen LogP contribution in [0.2, 0.25) is 36.3 Å². The number of rotatable bonds is 7. The SMILES string of the molecule is C=C1/C(=C/C=C2\CCC[C@@]3(C)C2CCC3[C@H](C)C=O)C[C@@H](O[Si](C)(C)C(C)(C)C)CC1O[Si](C)(C)C(C)(C)C. The van der Waals surface area contributed by atoms with Crippen LogP contribution in [0.15, 0.2) is 35.5 Å². The molecule has 0 amide bonds. The zero-order chi connectivity index (χ0) is 29.6. The van der Waals surface area contributed by atoms with Gasteiger partial charge in [-0.15, -0.1) is 0 Å². The summed E-state index contributed by atoms with van der Waals surface area (Å²) < 4.78 is 14.0. The fourth-order valence-electron chi connectivity index (χ4n) is 7.00. The predicted octanol–water partition coefficient (Wildman–Crippen LogP) is 10.0. The van der Waals surface area contributed by atoms with E-state index in [1.54, 1.807) is 5.57 Å². The Morgan fingerprint density at radius 3 is 2.13 bits per heavy atom. The van der Waals surface area contributed by atoms with Gasteiger partial charge >= 0.3 is 0 Å². The molecule has 3 aliphatic carbocycles. The molecule has 6 atom stereocenters. The van der Waals surface area contributed by atoms with Gasteiger partial charge in [-0.1, -0.05) is 79.7 Å². The minimum atomic E-state index is -1.97. The summed E-state index contributed by atoms with van der Waals surface area (Å²) in [5.41, 5.74) is 4.29. The minimum absolute atomic E-state index is 0.0139. The highest BCUT2D eigenvalue weighted by Gasteiger charge is 2.51. The van der Waals surface area contributed by atoms with E-state index in [-0.39, 0.29) is 33.6 Å². The summed E-state index contributed by atoms with van der Waals surface area (Å²) in [6, 6.07) is 0. The maximum absolute atomic E-state index is 11.7. The summed E-state index contributed by atoms with van der Waals surface area (Å²) in [4.78, 5) is 11.7. The summed E-state index contributed by atoms with van der Waals surface area (Å²) in [7, 11) is -3.89. The molecule has 0 aliphatic heterocycles. The molecule has 0 N–H and O–H groups in total. The fraction of sp³-hybridized carbons (Fsp3) is 0.794. The number of aldehydes is 1. The molecule has 3 aliphatic rings. The number of hydrogen-bond donors (Lipinski definition) is 0. The molecule has 5 heteroatoms. The minimum Gasteiger partial charge on any atom is -0.413 e. The first kappa shape index (κ1) is 32.8. The van der Waals surface area contributed by atoms with E-state index in [1.807, 2.05) is 0 Å². The van der Waals surface area contributed by atoms with E-state index in [2.05, 4.69) is 100 Å². The van der Waals surface area contributed by atoms with Crippen molar-refractivity contribution in [3.8, 4) is 0 Å². The Balaban J connectivity index is 1.93. The predicted molar refractivity (Wildman–Crippen MR) is 172 cm³/mol. The Morgan fingerprint density at radius 1 is 0.974 bits per heavy atom. The number of allylic oxidation sites excluding steroid dienone is 3. The summed E-state index contributed by atoms with van der Waals surface area (Å²) >= 11 is 0. The van der Waals surface area contributed by atoms with Crippen molar-refractivity contribution < 1.29 is 13.6 Å². The van der Waals surface area contributed by atoms with Gasteiger partial charge in [0.25, 0.3) is 0 Å². The molecule has 0 radical (unpaired) electrons. The highest BCUT2D eigenvalue weighted by Crippen LogP contribution is 2.59. The zero-order valence-corrected chi connectivity index (χ0v) is 29.5. The smallest absolute Gasteiger partial charge is 0.192 e. The molecule has 0 aromatic carbocycles. The quantitative estimate of drug-likeness (QED) is 0.225. The van der Waals surface area contributed by atoms with Crippen LogP contribution in [0, 0.1) is 23.2 Å². The van der Waals surface area contributed by atoms with Crippen molar-refractivity contribution >= 4 is 22.9 Å². The van der Waals surface area contributed by atoms with Gasteiger partial charge in [-0.05, 0) is 103 Å². The second kappa shape index (κ2) is 11.5. The third-order valence-corrected chi connectivity index (χ3v) is 20.6. The van der Waals surface area contributed by atoms with Crippen molar-refractivity contribution in [3.05, 3.63) is 35.5 Å². The van der Waals surface area contributed by atoms with Crippen molar-refractivity contribution in [3.63, 3.8) is 0 Å². The van der Waals surface area contributed by atoms with Gasteiger partial charge in [0, 0.05) is 12.3 Å². The average molecular weight is 573 g/mol. The van der Waals surface area contributed by atoms with Crippen LogP contribution in [0.3, 0.4) is 0 Å². The molecule has 0 spiro atoms. The third-order valence-electron chi connectivity index (χ3n) is 11.6. The Morgan fingerprint density at radius 2 is 1.56 bits per heavy atom. The van der Waals surface area contributed by atoms with Crippen LogP contribution in [0.5, 0.6) is 0 Å². The second-order valence-corrected chi connectivity index (χ2v) is 25.9. The van der Waals surface area contributed by atoms with E-state index in [0.717, 1.165) is 18.4 Å². The Labute approximate surface area is 243 Å². The molecule has 0 saturated heterocycles. The van der Waals surface area contributed by atoms with Gasteiger partial charge in [0.2, 0.25) is 0 Å². The lowest BCUT2D eigenvalue weighted by atomic mass is 9.61. The molecule has 0 bridgehead atoms. The summed E-state index contributed by atoms with van der Waals surface area (Å²) in [6.45, 7) is 32.6. The maximum Gasteiger partial charge on any atom is 0.192 e. The number of fused-ring (bicyclic) bond motifs is 1. The van der Waals surface area contributed by atoms with Gasteiger partial charge in [0.05, 0.1) is 12.2 Å². The van der Waals surface area contributed by atoms with Crippen LogP contribution < -0.4 is 0 Å². The molecule has 39 heavy (non-hydrogen) atoms. The summed E-state index contributed by atoms with van der Waals surface area (Å²) in [5, 5.41) is 0.323. The van der Waals surface area contributed by atoms with Crippen LogP contribution in [0.1, 0.15) is 100 Å². The molecule has 3 unspecified atom stereocenters. The van der Waals surface area contributed by atoms with E-state index in [0.29, 0.717) is 11.8 Å². The maximum atomic E-state index is 11.7. The molecule has 3 saturated carbocycles. The molecule has 0 aromatic rings. The number of hydrogen-bond acceptors (Lipinski definition) is 3. The molecule has 0 aromatic heterocycles.